The van der Waals surface area contributed by atoms with Crippen molar-refractivity contribution >= 4 is 22.6 Å². The molecule has 0 unspecified atom stereocenters. The van der Waals surface area contributed by atoms with Gasteiger partial charge in [-0.2, -0.15) is 0 Å². The number of halogens is 1. The molecular formula is C17H24INO. The number of hydrogen-bond donors (Lipinski definition) is 1. The van der Waals surface area contributed by atoms with Crippen molar-refractivity contribution in [2.45, 2.75) is 56.6 Å². The molecule has 20 heavy (non-hydrogen) atoms. The van der Waals surface area contributed by atoms with E-state index in [1.165, 1.54) is 41.2 Å². The van der Waals surface area contributed by atoms with Crippen molar-refractivity contribution in [1.82, 2.24) is 4.90 Å². The molecule has 1 saturated heterocycles. The molecule has 1 N–H and O–H groups in total. The summed E-state index contributed by atoms with van der Waals surface area (Å²) in [7, 11) is 0. The number of rotatable bonds is 2. The number of piperidine rings is 1. The molecule has 0 bridgehead atoms. The molecule has 0 amide bonds. The molecule has 1 aromatic rings. The van der Waals surface area contributed by atoms with Gasteiger partial charge in [-0.05, 0) is 78.9 Å². The van der Waals surface area contributed by atoms with Gasteiger partial charge in [-0.15, -0.1) is 0 Å². The Morgan fingerprint density at radius 2 is 1.70 bits per heavy atom. The van der Waals surface area contributed by atoms with Crippen molar-refractivity contribution in [3.8, 4) is 0 Å². The number of likely N-dealkylation sites (tertiary alicyclic amines) is 1. The first-order chi connectivity index (χ1) is 9.75. The van der Waals surface area contributed by atoms with Gasteiger partial charge in [-0.3, -0.25) is 4.90 Å². The lowest BCUT2D eigenvalue weighted by molar-refractivity contribution is 0.00867. The Hall–Kier alpha value is -0.130. The predicted octanol–water partition coefficient (Wildman–Crippen LogP) is 3.77. The first kappa shape index (κ1) is 14.8. The summed E-state index contributed by atoms with van der Waals surface area (Å²) < 4.78 is 1.40. The van der Waals surface area contributed by atoms with Crippen molar-refractivity contribution in [3.05, 3.63) is 33.4 Å². The molecule has 1 heterocycles. The van der Waals surface area contributed by atoms with Crippen LogP contribution >= 0.6 is 22.6 Å². The maximum Gasteiger partial charge on any atom is 0.0695 e. The van der Waals surface area contributed by atoms with Crippen molar-refractivity contribution in [2.75, 3.05) is 13.1 Å². The Bertz CT molecular complexity index is 442. The van der Waals surface area contributed by atoms with Crippen LogP contribution in [0.2, 0.25) is 0 Å². The van der Waals surface area contributed by atoms with E-state index in [4.69, 9.17) is 0 Å². The summed E-state index contributed by atoms with van der Waals surface area (Å²) in [5, 5.41) is 10.2. The lowest BCUT2D eigenvalue weighted by Crippen LogP contribution is -2.48. The second kappa shape index (κ2) is 6.75. The van der Waals surface area contributed by atoms with Crippen LogP contribution in [0.25, 0.3) is 0 Å². The molecule has 1 aliphatic carbocycles. The van der Waals surface area contributed by atoms with Crippen LogP contribution in [-0.2, 0) is 0 Å². The van der Waals surface area contributed by atoms with E-state index in [2.05, 4.69) is 51.8 Å². The van der Waals surface area contributed by atoms with Gasteiger partial charge in [-0.25, -0.2) is 0 Å². The minimum Gasteiger partial charge on any atom is -0.391 e. The molecule has 0 radical (unpaired) electrons. The minimum atomic E-state index is -0.0860. The van der Waals surface area contributed by atoms with Gasteiger partial charge in [0.15, 0.2) is 0 Å². The Labute approximate surface area is 135 Å². The SMILES string of the molecule is O[C@H]1CCCC[C@@H]1N1CCC(c2ccccc2I)CC1. The zero-order chi connectivity index (χ0) is 13.9. The summed E-state index contributed by atoms with van der Waals surface area (Å²) in [4.78, 5) is 2.55. The number of hydrogen-bond acceptors (Lipinski definition) is 2. The quantitative estimate of drug-likeness (QED) is 0.784. The van der Waals surface area contributed by atoms with E-state index in [1.54, 1.807) is 0 Å². The summed E-state index contributed by atoms with van der Waals surface area (Å²) in [6.45, 7) is 2.30. The zero-order valence-electron chi connectivity index (χ0n) is 12.0. The Morgan fingerprint density at radius 1 is 1.00 bits per heavy atom. The average Bonchev–Trinajstić information content (AvgIpc) is 2.49. The molecule has 2 atom stereocenters. The monoisotopic (exact) mass is 385 g/mol. The molecule has 3 rings (SSSR count). The molecule has 0 spiro atoms. The van der Waals surface area contributed by atoms with Gasteiger partial charge in [0.05, 0.1) is 6.10 Å². The standard InChI is InChI=1S/C17H24INO/c18-15-6-2-1-5-14(15)13-9-11-19(12-10-13)16-7-3-4-8-17(16)20/h1-2,5-6,13,16-17,20H,3-4,7-12H2/t16-,17-/m0/s1. The summed E-state index contributed by atoms with van der Waals surface area (Å²) in [5.41, 5.74) is 1.52. The number of aliphatic hydroxyl groups excluding tert-OH is 1. The first-order valence-corrected chi connectivity index (χ1v) is 9.00. The van der Waals surface area contributed by atoms with E-state index >= 15 is 0 Å². The van der Waals surface area contributed by atoms with Gasteiger partial charge in [0, 0.05) is 9.61 Å². The van der Waals surface area contributed by atoms with Crippen LogP contribution in [0.15, 0.2) is 24.3 Å². The highest BCUT2D eigenvalue weighted by atomic mass is 127. The highest BCUT2D eigenvalue weighted by Crippen LogP contribution is 2.33. The van der Waals surface area contributed by atoms with E-state index in [-0.39, 0.29) is 6.10 Å². The van der Waals surface area contributed by atoms with E-state index in [9.17, 15) is 5.11 Å². The summed E-state index contributed by atoms with van der Waals surface area (Å²) in [6, 6.07) is 9.22. The van der Waals surface area contributed by atoms with E-state index in [0.29, 0.717) is 12.0 Å². The topological polar surface area (TPSA) is 23.5 Å². The van der Waals surface area contributed by atoms with Crippen LogP contribution in [0.1, 0.15) is 50.0 Å². The fourth-order valence-corrected chi connectivity index (χ4v) is 4.69. The van der Waals surface area contributed by atoms with Crippen LogP contribution in [-0.4, -0.2) is 35.2 Å². The molecule has 1 aliphatic heterocycles. The van der Waals surface area contributed by atoms with Gasteiger partial charge in [-0.1, -0.05) is 31.0 Å². The van der Waals surface area contributed by atoms with Crippen molar-refractivity contribution < 1.29 is 5.11 Å². The van der Waals surface area contributed by atoms with E-state index in [0.717, 1.165) is 19.5 Å². The van der Waals surface area contributed by atoms with Crippen molar-refractivity contribution in [2.24, 2.45) is 0 Å². The third-order valence-corrected chi connectivity index (χ3v) is 6.02. The largest absolute Gasteiger partial charge is 0.391 e. The number of benzene rings is 1. The average molecular weight is 385 g/mol. The van der Waals surface area contributed by atoms with Crippen LogP contribution in [0, 0.1) is 3.57 Å². The lowest BCUT2D eigenvalue weighted by Gasteiger charge is -2.41. The van der Waals surface area contributed by atoms with Gasteiger partial charge in [0.2, 0.25) is 0 Å². The van der Waals surface area contributed by atoms with Gasteiger partial charge in [0.25, 0.3) is 0 Å². The molecule has 2 aliphatic rings. The molecular weight excluding hydrogens is 361 g/mol. The molecule has 1 saturated carbocycles. The zero-order valence-corrected chi connectivity index (χ0v) is 14.1. The number of aliphatic hydroxyl groups is 1. The van der Waals surface area contributed by atoms with Crippen LogP contribution in [0.4, 0.5) is 0 Å². The Morgan fingerprint density at radius 3 is 2.40 bits per heavy atom. The van der Waals surface area contributed by atoms with Gasteiger partial charge < -0.3 is 5.11 Å². The van der Waals surface area contributed by atoms with E-state index in [1.807, 2.05) is 0 Å². The Kier molecular flexibility index (Phi) is 5.00. The molecule has 1 aromatic carbocycles. The molecule has 3 heteroatoms. The minimum absolute atomic E-state index is 0.0860. The van der Waals surface area contributed by atoms with Crippen molar-refractivity contribution in [3.63, 3.8) is 0 Å². The fourth-order valence-electron chi connectivity index (χ4n) is 3.87. The first-order valence-electron chi connectivity index (χ1n) is 7.92. The normalized spacial score (nSPS) is 29.5. The van der Waals surface area contributed by atoms with Gasteiger partial charge >= 0.3 is 0 Å². The lowest BCUT2D eigenvalue weighted by atomic mass is 9.86. The summed E-state index contributed by atoms with van der Waals surface area (Å²) >= 11 is 2.46. The number of nitrogens with zero attached hydrogens (tertiary/aromatic N) is 1. The smallest absolute Gasteiger partial charge is 0.0695 e. The van der Waals surface area contributed by atoms with E-state index < -0.39 is 0 Å². The third kappa shape index (κ3) is 3.20. The second-order valence-corrected chi connectivity index (χ2v) is 7.41. The predicted molar refractivity (Wildman–Crippen MR) is 91.0 cm³/mol. The summed E-state index contributed by atoms with van der Waals surface area (Å²) in [6.07, 6.45) is 7.08. The van der Waals surface area contributed by atoms with Crippen LogP contribution in [0.3, 0.4) is 0 Å². The highest BCUT2D eigenvalue weighted by molar-refractivity contribution is 14.1. The Balaban J connectivity index is 1.61. The molecule has 2 nitrogen and oxygen atoms in total. The summed E-state index contributed by atoms with van der Waals surface area (Å²) in [5.74, 6) is 0.708. The fraction of sp³-hybridized carbons (Fsp3) is 0.647. The third-order valence-electron chi connectivity index (χ3n) is 5.04. The second-order valence-electron chi connectivity index (χ2n) is 6.25. The molecule has 0 aromatic heterocycles. The molecule has 110 valence electrons. The maximum absolute atomic E-state index is 10.2. The maximum atomic E-state index is 10.2. The highest BCUT2D eigenvalue weighted by Gasteiger charge is 2.31. The van der Waals surface area contributed by atoms with Crippen LogP contribution < -0.4 is 0 Å². The van der Waals surface area contributed by atoms with Gasteiger partial charge in [0.1, 0.15) is 0 Å². The van der Waals surface area contributed by atoms with Crippen molar-refractivity contribution in [1.29, 1.82) is 0 Å². The van der Waals surface area contributed by atoms with Crippen LogP contribution in [0.5, 0.6) is 0 Å². The molecule has 2 fully saturated rings.